The van der Waals surface area contributed by atoms with Crippen LogP contribution in [-0.2, 0) is 27.2 Å². The maximum Gasteiger partial charge on any atom is 0.310 e. The standard InChI is InChI=1S/C21H23NO4/c1-15(26-20(23)12-13-25-19-8-3-2-4-9-19)21(24)22-18-11-10-16-6-5-7-17(16)14-18/h2-4,8-11,14-15H,5-7,12-13H2,1H3,(H,22,24)/t15-/m1/s1. The van der Waals surface area contributed by atoms with Crippen LogP contribution in [0.15, 0.2) is 48.5 Å². The second kappa shape index (κ2) is 8.52. The molecule has 5 heteroatoms. The van der Waals surface area contributed by atoms with Crippen molar-refractivity contribution in [2.75, 3.05) is 11.9 Å². The maximum atomic E-state index is 12.2. The van der Waals surface area contributed by atoms with Crippen molar-refractivity contribution in [2.24, 2.45) is 0 Å². The van der Waals surface area contributed by atoms with E-state index in [-0.39, 0.29) is 18.9 Å². The first kappa shape index (κ1) is 18.0. The minimum absolute atomic E-state index is 0.0887. The van der Waals surface area contributed by atoms with E-state index in [0.717, 1.165) is 24.9 Å². The van der Waals surface area contributed by atoms with Crippen LogP contribution in [0.5, 0.6) is 5.75 Å². The van der Waals surface area contributed by atoms with Gasteiger partial charge in [0.25, 0.3) is 5.91 Å². The van der Waals surface area contributed by atoms with Gasteiger partial charge in [-0.1, -0.05) is 24.3 Å². The van der Waals surface area contributed by atoms with Crippen molar-refractivity contribution in [1.29, 1.82) is 0 Å². The lowest BCUT2D eigenvalue weighted by Crippen LogP contribution is -2.30. The Morgan fingerprint density at radius 2 is 1.85 bits per heavy atom. The van der Waals surface area contributed by atoms with Crippen LogP contribution in [0.3, 0.4) is 0 Å². The highest BCUT2D eigenvalue weighted by Gasteiger charge is 2.19. The summed E-state index contributed by atoms with van der Waals surface area (Å²) in [6.45, 7) is 1.78. The summed E-state index contributed by atoms with van der Waals surface area (Å²) in [5, 5.41) is 2.81. The number of nitrogens with one attached hydrogen (secondary N) is 1. The SMILES string of the molecule is C[C@@H](OC(=O)CCOc1ccccc1)C(=O)Nc1ccc2c(c1)CCC2. The molecule has 2 aromatic rings. The Bertz CT molecular complexity index is 773. The van der Waals surface area contributed by atoms with Gasteiger partial charge >= 0.3 is 5.97 Å². The highest BCUT2D eigenvalue weighted by Crippen LogP contribution is 2.25. The number of carbonyl (C=O) groups excluding carboxylic acids is 2. The van der Waals surface area contributed by atoms with Crippen LogP contribution in [0.25, 0.3) is 0 Å². The van der Waals surface area contributed by atoms with Gasteiger partial charge in [-0.25, -0.2) is 0 Å². The molecule has 1 aliphatic rings. The van der Waals surface area contributed by atoms with Crippen LogP contribution in [0.4, 0.5) is 5.69 Å². The first-order chi connectivity index (χ1) is 12.6. The number of ether oxygens (including phenoxy) is 2. The lowest BCUT2D eigenvalue weighted by Gasteiger charge is -2.14. The summed E-state index contributed by atoms with van der Waals surface area (Å²) < 4.78 is 10.6. The molecule has 0 saturated heterocycles. The molecule has 0 unspecified atom stereocenters. The van der Waals surface area contributed by atoms with Crippen LogP contribution in [0.1, 0.15) is 30.9 Å². The molecule has 1 atom stereocenters. The monoisotopic (exact) mass is 353 g/mol. The Morgan fingerprint density at radius 3 is 2.65 bits per heavy atom. The van der Waals surface area contributed by atoms with E-state index in [1.165, 1.54) is 11.1 Å². The first-order valence-corrected chi connectivity index (χ1v) is 8.92. The second-order valence-electron chi connectivity index (χ2n) is 6.37. The molecular weight excluding hydrogens is 330 g/mol. The molecule has 0 aromatic heterocycles. The average molecular weight is 353 g/mol. The molecule has 1 N–H and O–H groups in total. The van der Waals surface area contributed by atoms with Gasteiger partial charge in [0.1, 0.15) is 5.75 Å². The third kappa shape index (κ3) is 4.85. The fourth-order valence-corrected chi connectivity index (χ4v) is 2.97. The molecule has 0 fully saturated rings. The Morgan fingerprint density at radius 1 is 1.08 bits per heavy atom. The Kier molecular flexibility index (Phi) is 5.89. The zero-order valence-corrected chi connectivity index (χ0v) is 14.9. The summed E-state index contributed by atoms with van der Waals surface area (Å²) in [6, 6.07) is 15.2. The first-order valence-electron chi connectivity index (χ1n) is 8.92. The normalized spacial score (nSPS) is 13.6. The van der Waals surface area contributed by atoms with Gasteiger partial charge in [-0.3, -0.25) is 9.59 Å². The van der Waals surface area contributed by atoms with Gasteiger partial charge in [0.2, 0.25) is 0 Å². The van der Waals surface area contributed by atoms with Crippen molar-refractivity contribution in [3.05, 3.63) is 59.7 Å². The van der Waals surface area contributed by atoms with Crippen molar-refractivity contribution in [3.8, 4) is 5.75 Å². The van der Waals surface area contributed by atoms with E-state index in [2.05, 4.69) is 11.4 Å². The van der Waals surface area contributed by atoms with Crippen molar-refractivity contribution in [2.45, 2.75) is 38.7 Å². The average Bonchev–Trinajstić information content (AvgIpc) is 3.10. The summed E-state index contributed by atoms with van der Waals surface area (Å²) in [5.74, 6) is -0.0967. The number of para-hydroxylation sites is 1. The van der Waals surface area contributed by atoms with Crippen LogP contribution in [0, 0.1) is 0 Å². The van der Waals surface area contributed by atoms with E-state index in [1.54, 1.807) is 6.92 Å². The van der Waals surface area contributed by atoms with Gasteiger partial charge in [0, 0.05) is 5.69 Å². The molecule has 0 saturated carbocycles. The number of benzene rings is 2. The molecule has 3 rings (SSSR count). The topological polar surface area (TPSA) is 64.6 Å². The van der Waals surface area contributed by atoms with Gasteiger partial charge in [0.15, 0.2) is 6.10 Å². The van der Waals surface area contributed by atoms with E-state index in [9.17, 15) is 9.59 Å². The van der Waals surface area contributed by atoms with Gasteiger partial charge in [-0.15, -0.1) is 0 Å². The minimum Gasteiger partial charge on any atom is -0.493 e. The van der Waals surface area contributed by atoms with E-state index in [1.807, 2.05) is 42.5 Å². The summed E-state index contributed by atoms with van der Waals surface area (Å²) in [7, 11) is 0. The van der Waals surface area contributed by atoms with Crippen molar-refractivity contribution in [1.82, 2.24) is 0 Å². The molecule has 26 heavy (non-hydrogen) atoms. The molecule has 2 aromatic carbocycles. The molecule has 0 spiro atoms. The summed E-state index contributed by atoms with van der Waals surface area (Å²) in [6.07, 6.45) is 2.54. The Balaban J connectivity index is 1.42. The van der Waals surface area contributed by atoms with Crippen molar-refractivity contribution < 1.29 is 19.1 Å². The largest absolute Gasteiger partial charge is 0.493 e. The van der Waals surface area contributed by atoms with E-state index in [0.29, 0.717) is 5.75 Å². The maximum absolute atomic E-state index is 12.2. The van der Waals surface area contributed by atoms with Crippen LogP contribution >= 0.6 is 0 Å². The zero-order chi connectivity index (χ0) is 18.4. The number of amides is 1. The smallest absolute Gasteiger partial charge is 0.310 e. The lowest BCUT2D eigenvalue weighted by atomic mass is 10.1. The molecule has 1 amide bonds. The fraction of sp³-hybridized carbons (Fsp3) is 0.333. The third-order valence-corrected chi connectivity index (χ3v) is 4.36. The Labute approximate surface area is 153 Å². The number of fused-ring (bicyclic) bond motifs is 1. The molecule has 0 heterocycles. The number of hydrogen-bond acceptors (Lipinski definition) is 4. The van der Waals surface area contributed by atoms with Gasteiger partial charge in [-0.2, -0.15) is 0 Å². The van der Waals surface area contributed by atoms with E-state index >= 15 is 0 Å². The van der Waals surface area contributed by atoms with Gasteiger partial charge in [-0.05, 0) is 61.6 Å². The van der Waals surface area contributed by atoms with E-state index < -0.39 is 12.1 Å². The molecule has 5 nitrogen and oxygen atoms in total. The number of anilines is 1. The van der Waals surface area contributed by atoms with Crippen LogP contribution in [0.2, 0.25) is 0 Å². The second-order valence-corrected chi connectivity index (χ2v) is 6.37. The van der Waals surface area contributed by atoms with Crippen LogP contribution < -0.4 is 10.1 Å². The van der Waals surface area contributed by atoms with Crippen molar-refractivity contribution in [3.63, 3.8) is 0 Å². The number of aryl methyl sites for hydroxylation is 2. The van der Waals surface area contributed by atoms with Crippen LogP contribution in [-0.4, -0.2) is 24.6 Å². The molecule has 0 aliphatic heterocycles. The molecule has 1 aliphatic carbocycles. The molecule has 0 radical (unpaired) electrons. The number of carbonyl (C=O) groups is 2. The summed E-state index contributed by atoms with van der Waals surface area (Å²) in [4.78, 5) is 24.1. The third-order valence-electron chi connectivity index (χ3n) is 4.36. The minimum atomic E-state index is -0.854. The van der Waals surface area contributed by atoms with Gasteiger partial charge in [0.05, 0.1) is 13.0 Å². The highest BCUT2D eigenvalue weighted by molar-refractivity contribution is 5.95. The van der Waals surface area contributed by atoms with E-state index in [4.69, 9.17) is 9.47 Å². The molecular formula is C21H23NO4. The predicted octanol–water partition coefficient (Wildman–Crippen LogP) is 3.51. The zero-order valence-electron chi connectivity index (χ0n) is 14.9. The quantitative estimate of drug-likeness (QED) is 0.774. The Hall–Kier alpha value is -2.82. The number of rotatable bonds is 7. The summed E-state index contributed by atoms with van der Waals surface area (Å²) >= 11 is 0. The molecule has 0 bridgehead atoms. The van der Waals surface area contributed by atoms with Crippen molar-refractivity contribution >= 4 is 17.6 Å². The lowest BCUT2D eigenvalue weighted by molar-refractivity contribution is -0.153. The number of hydrogen-bond donors (Lipinski definition) is 1. The summed E-state index contributed by atoms with van der Waals surface area (Å²) in [5.41, 5.74) is 3.37. The predicted molar refractivity (Wildman–Crippen MR) is 99.2 cm³/mol. The number of esters is 1. The molecule has 136 valence electrons. The fourth-order valence-electron chi connectivity index (χ4n) is 2.97. The highest BCUT2D eigenvalue weighted by atomic mass is 16.5. The van der Waals surface area contributed by atoms with Gasteiger partial charge < -0.3 is 14.8 Å².